The summed E-state index contributed by atoms with van der Waals surface area (Å²) < 4.78 is 47.0. The third-order valence-electron chi connectivity index (χ3n) is 4.30. The van der Waals surface area contributed by atoms with Crippen molar-refractivity contribution in [3.63, 3.8) is 0 Å². The van der Waals surface area contributed by atoms with Gasteiger partial charge in [0.25, 0.3) is 5.91 Å². The fraction of sp³-hybridized carbons (Fsp3) is 0.526. The third-order valence-corrected chi connectivity index (χ3v) is 4.30. The van der Waals surface area contributed by atoms with E-state index in [9.17, 15) is 28.2 Å². The van der Waals surface area contributed by atoms with Crippen molar-refractivity contribution < 1.29 is 47.1 Å². The first-order chi connectivity index (χ1) is 14.4. The highest BCUT2D eigenvalue weighted by molar-refractivity contribution is 6.47. The first kappa shape index (κ1) is 24.4. The summed E-state index contributed by atoms with van der Waals surface area (Å²) in [4.78, 5) is 35.7. The van der Waals surface area contributed by atoms with Crippen molar-refractivity contribution in [2.45, 2.75) is 64.8 Å². The summed E-state index contributed by atoms with van der Waals surface area (Å²) in [6, 6.07) is 4.40. The molecule has 1 heterocycles. The quantitative estimate of drug-likeness (QED) is 0.374. The van der Waals surface area contributed by atoms with Crippen LogP contribution in [-0.2, 0) is 25.4 Å². The van der Waals surface area contributed by atoms with Gasteiger partial charge in [-0.2, -0.15) is 8.78 Å². The van der Waals surface area contributed by atoms with E-state index in [1.165, 1.54) is 19.1 Å². The molecule has 2 N–H and O–H groups in total. The maximum atomic E-state index is 13.5. The van der Waals surface area contributed by atoms with Gasteiger partial charge in [0.05, 0.1) is 12.0 Å². The largest absolute Gasteiger partial charge is 0.547 e. The Bertz CT molecular complexity index is 835. The number of para-hydroxylation sites is 1. The van der Waals surface area contributed by atoms with E-state index in [0.29, 0.717) is 5.56 Å². The van der Waals surface area contributed by atoms with E-state index in [4.69, 9.17) is 18.9 Å². The molecule has 9 nitrogen and oxygen atoms in total. The van der Waals surface area contributed by atoms with Crippen LogP contribution in [0.15, 0.2) is 18.2 Å². The summed E-state index contributed by atoms with van der Waals surface area (Å²) in [5.74, 6) is -7.19. The van der Waals surface area contributed by atoms with Crippen LogP contribution >= 0.6 is 0 Å². The first-order valence-electron chi connectivity index (χ1n) is 9.68. The molecule has 0 saturated carbocycles. The van der Waals surface area contributed by atoms with E-state index < -0.39 is 55.8 Å². The van der Waals surface area contributed by atoms with Crippen LogP contribution in [0.1, 0.15) is 50.0 Å². The van der Waals surface area contributed by atoms with Crippen molar-refractivity contribution in [2.24, 2.45) is 0 Å². The SMILES string of the molecule is CCC(F)(F)C(=O)N[C@H]1Cc2cccc(C(=O)OC(C)OC(=O)OC(C)C)c2OB1O. The number of rotatable bonds is 7. The summed E-state index contributed by atoms with van der Waals surface area (Å²) in [6.45, 7) is 5.71. The van der Waals surface area contributed by atoms with Crippen molar-refractivity contribution >= 4 is 25.2 Å². The van der Waals surface area contributed by atoms with Crippen molar-refractivity contribution in [1.82, 2.24) is 5.32 Å². The van der Waals surface area contributed by atoms with Crippen molar-refractivity contribution in [1.29, 1.82) is 0 Å². The van der Waals surface area contributed by atoms with E-state index >= 15 is 0 Å². The van der Waals surface area contributed by atoms with Crippen LogP contribution < -0.4 is 9.97 Å². The van der Waals surface area contributed by atoms with Crippen LogP contribution in [0.4, 0.5) is 13.6 Å². The smallest absolute Gasteiger partial charge is 0.534 e. The maximum absolute atomic E-state index is 13.5. The molecule has 2 rings (SSSR count). The minimum absolute atomic E-state index is 0.0234. The zero-order chi connectivity index (χ0) is 23.3. The van der Waals surface area contributed by atoms with Crippen LogP contribution in [0.2, 0.25) is 0 Å². The minimum Gasteiger partial charge on any atom is -0.534 e. The van der Waals surface area contributed by atoms with E-state index in [0.717, 1.165) is 6.92 Å². The molecule has 0 aliphatic carbocycles. The Hall–Kier alpha value is -2.89. The minimum atomic E-state index is -3.58. The lowest BCUT2D eigenvalue weighted by Crippen LogP contribution is -2.56. The number of carbonyl (C=O) groups excluding carboxylic acids is 3. The Balaban J connectivity index is 2.10. The molecule has 0 spiro atoms. The van der Waals surface area contributed by atoms with Gasteiger partial charge < -0.3 is 29.2 Å². The molecule has 1 aliphatic heterocycles. The van der Waals surface area contributed by atoms with Crippen LogP contribution in [0.25, 0.3) is 0 Å². The van der Waals surface area contributed by atoms with Gasteiger partial charge in [0.15, 0.2) is 0 Å². The highest BCUT2D eigenvalue weighted by Crippen LogP contribution is 2.31. The highest BCUT2D eigenvalue weighted by Gasteiger charge is 2.43. The van der Waals surface area contributed by atoms with Gasteiger partial charge in [-0.25, -0.2) is 9.59 Å². The van der Waals surface area contributed by atoms with E-state index in [2.05, 4.69) is 5.32 Å². The van der Waals surface area contributed by atoms with E-state index in [1.54, 1.807) is 19.9 Å². The molecule has 12 heteroatoms. The van der Waals surface area contributed by atoms with Crippen molar-refractivity contribution in [3.05, 3.63) is 29.3 Å². The Morgan fingerprint density at radius 1 is 1.26 bits per heavy atom. The summed E-state index contributed by atoms with van der Waals surface area (Å²) in [5.41, 5.74) is 0.311. The molecule has 0 radical (unpaired) electrons. The van der Waals surface area contributed by atoms with Gasteiger partial charge in [-0.3, -0.25) is 4.79 Å². The highest BCUT2D eigenvalue weighted by atomic mass is 19.3. The molecule has 0 aromatic heterocycles. The average molecular weight is 443 g/mol. The second kappa shape index (κ2) is 9.95. The second-order valence-corrected chi connectivity index (χ2v) is 7.15. The molecule has 0 saturated heterocycles. The number of benzene rings is 1. The topological polar surface area (TPSA) is 120 Å². The van der Waals surface area contributed by atoms with Crippen LogP contribution in [0, 0.1) is 0 Å². The number of hydrogen-bond donors (Lipinski definition) is 2. The second-order valence-electron chi connectivity index (χ2n) is 7.15. The molecular formula is C19H24BF2NO8. The Kier molecular flexibility index (Phi) is 7.83. The first-order valence-corrected chi connectivity index (χ1v) is 9.68. The average Bonchev–Trinajstić information content (AvgIpc) is 2.66. The van der Waals surface area contributed by atoms with Crippen LogP contribution in [0.5, 0.6) is 5.75 Å². The fourth-order valence-corrected chi connectivity index (χ4v) is 2.74. The molecule has 2 atom stereocenters. The lowest BCUT2D eigenvalue weighted by Gasteiger charge is -2.30. The molecular weight excluding hydrogens is 419 g/mol. The number of ether oxygens (including phenoxy) is 3. The normalized spacial score (nSPS) is 16.6. The van der Waals surface area contributed by atoms with Gasteiger partial charge in [-0.15, -0.1) is 0 Å². The molecule has 1 aromatic rings. The number of fused-ring (bicyclic) bond motifs is 1. The summed E-state index contributed by atoms with van der Waals surface area (Å²) in [7, 11) is -1.67. The monoisotopic (exact) mass is 443 g/mol. The molecule has 31 heavy (non-hydrogen) atoms. The van der Waals surface area contributed by atoms with Gasteiger partial charge in [0, 0.05) is 13.3 Å². The third kappa shape index (κ3) is 6.30. The lowest BCUT2D eigenvalue weighted by molar-refractivity contribution is -0.146. The molecule has 0 bridgehead atoms. The Labute approximate surface area is 178 Å². The zero-order valence-electron chi connectivity index (χ0n) is 17.5. The predicted octanol–water partition coefficient (Wildman–Crippen LogP) is 2.24. The molecule has 1 amide bonds. The lowest BCUT2D eigenvalue weighted by atomic mass is 9.72. The summed E-state index contributed by atoms with van der Waals surface area (Å²) >= 11 is 0. The fourth-order valence-electron chi connectivity index (χ4n) is 2.74. The number of hydrogen-bond acceptors (Lipinski definition) is 8. The van der Waals surface area contributed by atoms with Gasteiger partial charge in [-0.1, -0.05) is 19.1 Å². The summed E-state index contributed by atoms with van der Waals surface area (Å²) in [6.07, 6.45) is -3.46. The van der Waals surface area contributed by atoms with Crippen molar-refractivity contribution in [3.8, 4) is 5.75 Å². The maximum Gasteiger partial charge on any atom is 0.547 e. The number of alkyl halides is 2. The number of nitrogens with one attached hydrogen (secondary N) is 1. The molecule has 0 fully saturated rings. The standard InChI is InChI=1S/C19H24BF2NO8/c1-5-19(21,22)17(25)23-14-9-12-7-6-8-13(15(12)31-20(14)27)16(24)29-11(4)30-18(26)28-10(2)3/h6-8,10-11,14,27H,5,9H2,1-4H3,(H,23,25)/t11?,14-/m0/s1. The van der Waals surface area contributed by atoms with Gasteiger partial charge in [-0.05, 0) is 31.9 Å². The van der Waals surface area contributed by atoms with Crippen LogP contribution in [0.3, 0.4) is 0 Å². The van der Waals surface area contributed by atoms with Gasteiger partial charge in [0.1, 0.15) is 11.3 Å². The van der Waals surface area contributed by atoms with Crippen molar-refractivity contribution in [2.75, 3.05) is 0 Å². The molecule has 1 unspecified atom stereocenters. The number of amides is 1. The van der Waals surface area contributed by atoms with Crippen LogP contribution in [-0.4, -0.2) is 54.4 Å². The van der Waals surface area contributed by atoms with E-state index in [1.807, 2.05) is 0 Å². The van der Waals surface area contributed by atoms with Gasteiger partial charge in [0.2, 0.25) is 6.29 Å². The van der Waals surface area contributed by atoms with E-state index in [-0.39, 0.29) is 17.7 Å². The Morgan fingerprint density at radius 2 is 1.94 bits per heavy atom. The molecule has 1 aliphatic rings. The number of esters is 1. The number of halogens is 2. The zero-order valence-corrected chi connectivity index (χ0v) is 17.5. The summed E-state index contributed by atoms with van der Waals surface area (Å²) in [5, 5.41) is 12.2. The molecule has 170 valence electrons. The predicted molar refractivity (Wildman–Crippen MR) is 103 cm³/mol. The van der Waals surface area contributed by atoms with Gasteiger partial charge >= 0.3 is 25.2 Å². The Morgan fingerprint density at radius 3 is 2.55 bits per heavy atom. The number of carbonyl (C=O) groups is 3. The molecule has 1 aromatic carbocycles.